The first-order valence-electron chi connectivity index (χ1n) is 22.2. The first-order chi connectivity index (χ1) is 30.0. The molecule has 0 aliphatic carbocycles. The second-order valence-corrected chi connectivity index (χ2v) is 14.2. The van der Waals surface area contributed by atoms with Crippen molar-refractivity contribution in [3.05, 3.63) is 11.9 Å². The van der Waals surface area contributed by atoms with E-state index in [0.717, 1.165) is 70.6 Å². The van der Waals surface area contributed by atoms with E-state index in [1.807, 2.05) is 17.8 Å². The lowest BCUT2D eigenvalue weighted by Gasteiger charge is -2.34. The number of rotatable bonds is 47. The average Bonchev–Trinajstić information content (AvgIpc) is 3.71. The fourth-order valence-electron chi connectivity index (χ4n) is 5.65. The molecule has 20 nitrogen and oxygen atoms in total. The molecule has 0 bridgehead atoms. The summed E-state index contributed by atoms with van der Waals surface area (Å²) in [7, 11) is 0. The van der Waals surface area contributed by atoms with Crippen LogP contribution >= 0.6 is 0 Å². The number of hydrogen-bond acceptors (Lipinski definition) is 18. The Balaban J connectivity index is 1.18. The van der Waals surface area contributed by atoms with Gasteiger partial charge in [-0.25, -0.2) is 4.68 Å². The second-order valence-electron chi connectivity index (χ2n) is 14.2. The van der Waals surface area contributed by atoms with Gasteiger partial charge in [0.05, 0.1) is 183 Å². The van der Waals surface area contributed by atoms with Crippen molar-refractivity contribution < 1.29 is 71.8 Å². The highest BCUT2D eigenvalue weighted by Crippen LogP contribution is 2.07. The van der Waals surface area contributed by atoms with Crippen molar-refractivity contribution in [3.8, 4) is 0 Å². The quantitative estimate of drug-likeness (QED) is 0.0863. The lowest BCUT2D eigenvalue weighted by atomic mass is 10.2. The van der Waals surface area contributed by atoms with Gasteiger partial charge < -0.3 is 76.9 Å². The molecule has 1 saturated heterocycles. The molecule has 0 radical (unpaired) electrons. The largest absolute Gasteiger partial charge is 0.481 e. The molecule has 1 unspecified atom stereocenters. The minimum atomic E-state index is -0.876. The molecule has 1 aliphatic rings. The maximum Gasteiger partial charge on any atom is 0.305 e. The van der Waals surface area contributed by atoms with E-state index in [1.54, 1.807) is 0 Å². The van der Waals surface area contributed by atoms with Crippen molar-refractivity contribution in [1.82, 2.24) is 24.8 Å². The minimum absolute atomic E-state index is 0.00528. The average molecular weight is 882 g/mol. The summed E-state index contributed by atoms with van der Waals surface area (Å²) in [6.07, 6.45) is 5.86. The molecular formula is C41H79N5O15. The highest BCUT2D eigenvalue weighted by atomic mass is 16.6. The standard InChI is InChI=1S/C41H79N5O15/c1-39(47)5-8-45-11-9-44(10-12-45)7-3-2-4-40-38-46(43-42-40)13-15-51-17-19-53-21-23-55-25-27-57-29-31-59-33-35-61-37-36-60-34-32-58-30-28-56-26-24-54-22-20-52-18-16-50-14-6-41(48)49/h38-39,47H,2-37H2,1H3,(H,48,49). The third-order valence-electron chi connectivity index (χ3n) is 9.09. The van der Waals surface area contributed by atoms with Gasteiger partial charge in [0.2, 0.25) is 0 Å². The zero-order chi connectivity index (χ0) is 43.5. The summed E-state index contributed by atoms with van der Waals surface area (Å²) in [6, 6.07) is 0. The number of aryl methyl sites for hydroxylation is 1. The molecular weight excluding hydrogens is 802 g/mol. The van der Waals surface area contributed by atoms with Crippen LogP contribution in [0.1, 0.15) is 38.3 Å². The lowest BCUT2D eigenvalue weighted by Crippen LogP contribution is -2.47. The van der Waals surface area contributed by atoms with Crippen LogP contribution in [-0.4, -0.2) is 245 Å². The minimum Gasteiger partial charge on any atom is -0.481 e. The first kappa shape index (κ1) is 55.1. The molecule has 2 N–H and O–H groups in total. The van der Waals surface area contributed by atoms with Crippen LogP contribution in [0.5, 0.6) is 0 Å². The topological polar surface area (TPSA) is 205 Å². The van der Waals surface area contributed by atoms with Gasteiger partial charge in [0.25, 0.3) is 0 Å². The number of aliphatic hydroxyl groups is 1. The van der Waals surface area contributed by atoms with Crippen molar-refractivity contribution in [2.75, 3.05) is 198 Å². The Labute approximate surface area is 363 Å². The number of carbonyl (C=O) groups is 1. The maximum atomic E-state index is 10.4. The molecule has 1 aromatic heterocycles. The Morgan fingerprint density at radius 3 is 1.23 bits per heavy atom. The van der Waals surface area contributed by atoms with Crippen LogP contribution in [-0.2, 0) is 74.6 Å². The van der Waals surface area contributed by atoms with E-state index in [0.29, 0.717) is 159 Å². The molecule has 1 fully saturated rings. The van der Waals surface area contributed by atoms with Gasteiger partial charge in [-0.3, -0.25) is 4.79 Å². The lowest BCUT2D eigenvalue weighted by molar-refractivity contribution is -0.138. The Morgan fingerprint density at radius 1 is 0.525 bits per heavy atom. The van der Waals surface area contributed by atoms with Crippen LogP contribution in [0.3, 0.4) is 0 Å². The summed E-state index contributed by atoms with van der Waals surface area (Å²) in [4.78, 5) is 15.4. The molecule has 358 valence electrons. The summed E-state index contributed by atoms with van der Waals surface area (Å²) in [5, 5.41) is 26.5. The van der Waals surface area contributed by atoms with Gasteiger partial charge in [-0.05, 0) is 39.2 Å². The van der Waals surface area contributed by atoms with Crippen molar-refractivity contribution >= 4 is 5.97 Å². The first-order valence-corrected chi connectivity index (χ1v) is 22.2. The third-order valence-corrected chi connectivity index (χ3v) is 9.09. The summed E-state index contributed by atoms with van der Waals surface area (Å²) < 4.78 is 67.5. The predicted molar refractivity (Wildman–Crippen MR) is 224 cm³/mol. The maximum absolute atomic E-state index is 10.4. The van der Waals surface area contributed by atoms with Gasteiger partial charge in [-0.1, -0.05) is 5.21 Å². The summed E-state index contributed by atoms with van der Waals surface area (Å²) in [5.41, 5.74) is 1.03. The number of piperazine rings is 1. The summed E-state index contributed by atoms with van der Waals surface area (Å²) in [6.45, 7) is 20.3. The number of aliphatic hydroxyl groups excluding tert-OH is 1. The SMILES string of the molecule is CC(O)CCN1CCN(CCCCc2cn(CCOCCOCCOCCOCCOCCOCCOCCOCCOCCOCCOCCOCCC(=O)O)nn2)CC1. The molecule has 20 heteroatoms. The van der Waals surface area contributed by atoms with Crippen LogP contribution in [0.4, 0.5) is 0 Å². The van der Waals surface area contributed by atoms with Crippen molar-refractivity contribution in [3.63, 3.8) is 0 Å². The Kier molecular flexibility index (Phi) is 38.0. The van der Waals surface area contributed by atoms with Crippen molar-refractivity contribution in [2.45, 2.75) is 51.7 Å². The highest BCUT2D eigenvalue weighted by Gasteiger charge is 2.16. The predicted octanol–water partition coefficient (Wildman–Crippen LogP) is 0.663. The Morgan fingerprint density at radius 2 is 0.869 bits per heavy atom. The summed E-state index contributed by atoms with van der Waals surface area (Å²) in [5.74, 6) is -0.876. The molecule has 2 rings (SSSR count). The van der Waals surface area contributed by atoms with Gasteiger partial charge in [-0.2, -0.15) is 0 Å². The number of unbranched alkanes of at least 4 members (excludes halogenated alkanes) is 1. The molecule has 1 atom stereocenters. The molecule has 2 heterocycles. The van der Waals surface area contributed by atoms with E-state index in [4.69, 9.17) is 61.9 Å². The number of carboxylic acids is 1. The van der Waals surface area contributed by atoms with E-state index in [-0.39, 0.29) is 19.1 Å². The molecule has 61 heavy (non-hydrogen) atoms. The van der Waals surface area contributed by atoms with Crippen LogP contribution in [0.25, 0.3) is 0 Å². The molecule has 0 aromatic carbocycles. The zero-order valence-corrected chi connectivity index (χ0v) is 37.0. The second kappa shape index (κ2) is 42.0. The highest BCUT2D eigenvalue weighted by molar-refractivity contribution is 5.66. The van der Waals surface area contributed by atoms with Gasteiger partial charge >= 0.3 is 5.97 Å². The molecule has 0 saturated carbocycles. The van der Waals surface area contributed by atoms with Crippen LogP contribution < -0.4 is 0 Å². The number of hydrogen-bond donors (Lipinski definition) is 2. The van der Waals surface area contributed by atoms with Crippen molar-refractivity contribution in [2.24, 2.45) is 0 Å². The smallest absolute Gasteiger partial charge is 0.305 e. The Hall–Kier alpha value is -1.99. The number of carboxylic acid groups (broad SMARTS) is 1. The number of nitrogens with zero attached hydrogens (tertiary/aromatic N) is 5. The number of aliphatic carboxylic acids is 1. The molecule has 1 aliphatic heterocycles. The van der Waals surface area contributed by atoms with Crippen LogP contribution in [0.15, 0.2) is 6.20 Å². The van der Waals surface area contributed by atoms with E-state index in [2.05, 4.69) is 20.1 Å². The van der Waals surface area contributed by atoms with E-state index in [1.165, 1.54) is 0 Å². The van der Waals surface area contributed by atoms with Gasteiger partial charge in [0.1, 0.15) is 0 Å². The molecule has 0 spiro atoms. The van der Waals surface area contributed by atoms with Crippen LogP contribution in [0, 0.1) is 0 Å². The van der Waals surface area contributed by atoms with Crippen molar-refractivity contribution in [1.29, 1.82) is 0 Å². The number of ether oxygens (including phenoxy) is 12. The molecule has 1 aromatic rings. The fraction of sp³-hybridized carbons (Fsp3) is 0.927. The van der Waals surface area contributed by atoms with Gasteiger partial charge in [0.15, 0.2) is 0 Å². The van der Waals surface area contributed by atoms with E-state index < -0.39 is 5.97 Å². The number of aromatic nitrogens is 3. The fourth-order valence-corrected chi connectivity index (χ4v) is 5.65. The van der Waals surface area contributed by atoms with Gasteiger partial charge in [0, 0.05) is 38.9 Å². The van der Waals surface area contributed by atoms with Crippen LogP contribution in [0.2, 0.25) is 0 Å². The monoisotopic (exact) mass is 882 g/mol. The van der Waals surface area contributed by atoms with Gasteiger partial charge in [-0.15, -0.1) is 5.10 Å². The van der Waals surface area contributed by atoms with E-state index >= 15 is 0 Å². The summed E-state index contributed by atoms with van der Waals surface area (Å²) >= 11 is 0. The van der Waals surface area contributed by atoms with E-state index in [9.17, 15) is 9.90 Å². The zero-order valence-electron chi connectivity index (χ0n) is 37.0. The molecule has 0 amide bonds. The Bertz CT molecular complexity index is 1090. The normalized spacial score (nSPS) is 14.3. The third kappa shape index (κ3) is 37.1.